The van der Waals surface area contributed by atoms with Crippen molar-refractivity contribution in [3.05, 3.63) is 29.1 Å². The summed E-state index contributed by atoms with van der Waals surface area (Å²) in [6.45, 7) is 5.17. The molecule has 4 aliphatic rings. The Balaban J connectivity index is 1.64. The fraction of sp³-hybridized carbons (Fsp3) is 0.696. The van der Waals surface area contributed by atoms with Crippen molar-refractivity contribution >= 4 is 5.97 Å². The largest absolute Gasteiger partial charge is 0.506 e. The van der Waals surface area contributed by atoms with Crippen LogP contribution >= 0.6 is 0 Å². The van der Waals surface area contributed by atoms with Crippen molar-refractivity contribution in [3.63, 3.8) is 0 Å². The number of nitrogens with zero attached hydrogens (tertiary/aromatic N) is 1. The first-order chi connectivity index (χ1) is 13.7. The second kappa shape index (κ2) is 6.94. The molecule has 1 saturated carbocycles. The number of aromatic hydroxyl groups is 1. The minimum Gasteiger partial charge on any atom is -0.506 e. The van der Waals surface area contributed by atoms with E-state index in [2.05, 4.69) is 22.0 Å². The molecule has 0 radical (unpaired) electrons. The number of fused-ring (bicyclic) bond motifs is 7. The van der Waals surface area contributed by atoms with Crippen molar-refractivity contribution in [2.45, 2.75) is 69.7 Å². The van der Waals surface area contributed by atoms with Crippen LogP contribution in [0.15, 0.2) is 12.2 Å². The number of esters is 1. The molecule has 0 bridgehead atoms. The summed E-state index contributed by atoms with van der Waals surface area (Å²) in [5.74, 6) is 1.34. The molecule has 2 aliphatic carbocycles. The molecule has 5 rings (SSSR count). The van der Waals surface area contributed by atoms with E-state index in [1.165, 1.54) is 25.0 Å². The van der Waals surface area contributed by atoms with Gasteiger partial charge in [0.05, 0.1) is 12.3 Å². The highest BCUT2D eigenvalue weighted by Gasteiger charge is 2.64. The van der Waals surface area contributed by atoms with E-state index in [4.69, 9.17) is 4.74 Å². The first kappa shape index (κ1) is 18.3. The summed E-state index contributed by atoms with van der Waals surface area (Å²) in [6.07, 6.45) is 12.0. The van der Waals surface area contributed by atoms with Crippen LogP contribution in [0.25, 0.3) is 0 Å². The molecule has 0 aromatic carbocycles. The molecule has 5 heteroatoms. The first-order valence-electron chi connectivity index (χ1n) is 11.2. The molecular formula is C23H32N2O3. The number of allylic oxidation sites excluding steroid dienone is 2. The SMILES string of the molecule is CCOC(=O)C12CC1C=CCCCCCCc1c2c(O)c2n1CC1CNCC21. The Hall–Kier alpha value is -1.75. The Morgan fingerprint density at radius 2 is 2.18 bits per heavy atom. The number of carbonyl (C=O) groups excluding carboxylic acids is 1. The fourth-order valence-corrected chi connectivity index (χ4v) is 6.04. The van der Waals surface area contributed by atoms with Gasteiger partial charge in [-0.25, -0.2) is 0 Å². The lowest BCUT2D eigenvalue weighted by molar-refractivity contribution is -0.146. The number of carbonyl (C=O) groups is 1. The lowest BCUT2D eigenvalue weighted by Gasteiger charge is -2.20. The van der Waals surface area contributed by atoms with Gasteiger partial charge in [0, 0.05) is 36.8 Å². The summed E-state index contributed by atoms with van der Waals surface area (Å²) in [5.41, 5.74) is 2.52. The van der Waals surface area contributed by atoms with Gasteiger partial charge in [-0.2, -0.15) is 0 Å². The predicted molar refractivity (Wildman–Crippen MR) is 108 cm³/mol. The molecule has 1 aromatic heterocycles. The number of aromatic nitrogens is 1. The van der Waals surface area contributed by atoms with Crippen molar-refractivity contribution in [3.8, 4) is 5.75 Å². The van der Waals surface area contributed by atoms with E-state index in [0.717, 1.165) is 56.6 Å². The van der Waals surface area contributed by atoms with Crippen LogP contribution in [0, 0.1) is 11.8 Å². The lowest BCUT2D eigenvalue weighted by atomic mass is 9.87. The maximum absolute atomic E-state index is 13.2. The number of hydrogen-bond donors (Lipinski definition) is 2. The normalized spacial score (nSPS) is 33.8. The molecule has 0 amide bonds. The van der Waals surface area contributed by atoms with Gasteiger partial charge in [0.25, 0.3) is 0 Å². The third-order valence-electron chi connectivity index (χ3n) is 7.50. The number of hydrogen-bond acceptors (Lipinski definition) is 4. The highest BCUT2D eigenvalue weighted by Crippen LogP contribution is 2.62. The van der Waals surface area contributed by atoms with Crippen LogP contribution in [0.5, 0.6) is 5.75 Å². The Labute approximate surface area is 167 Å². The molecule has 0 spiro atoms. The van der Waals surface area contributed by atoms with Crippen LogP contribution in [-0.2, 0) is 27.9 Å². The average molecular weight is 385 g/mol. The van der Waals surface area contributed by atoms with Crippen molar-refractivity contribution < 1.29 is 14.6 Å². The molecule has 2 aliphatic heterocycles. The van der Waals surface area contributed by atoms with Crippen LogP contribution < -0.4 is 5.32 Å². The van der Waals surface area contributed by atoms with Crippen LogP contribution in [0.3, 0.4) is 0 Å². The van der Waals surface area contributed by atoms with Crippen molar-refractivity contribution in [2.24, 2.45) is 11.8 Å². The van der Waals surface area contributed by atoms with Gasteiger partial charge in [-0.05, 0) is 50.9 Å². The van der Waals surface area contributed by atoms with Gasteiger partial charge in [0.1, 0.15) is 11.2 Å². The maximum atomic E-state index is 13.2. The second-order valence-electron chi connectivity index (χ2n) is 9.07. The summed E-state index contributed by atoms with van der Waals surface area (Å²) in [5, 5.41) is 14.9. The summed E-state index contributed by atoms with van der Waals surface area (Å²) in [6, 6.07) is 0. The molecule has 1 saturated heterocycles. The van der Waals surface area contributed by atoms with E-state index in [0.29, 0.717) is 24.2 Å². The van der Waals surface area contributed by atoms with Crippen LogP contribution in [0.2, 0.25) is 0 Å². The maximum Gasteiger partial charge on any atom is 0.317 e. The molecule has 3 heterocycles. The summed E-state index contributed by atoms with van der Waals surface area (Å²) in [4.78, 5) is 13.2. The third-order valence-corrected chi connectivity index (χ3v) is 7.50. The second-order valence-corrected chi connectivity index (χ2v) is 9.07. The average Bonchev–Trinajstić information content (AvgIpc) is 2.94. The van der Waals surface area contributed by atoms with Gasteiger partial charge >= 0.3 is 5.97 Å². The van der Waals surface area contributed by atoms with E-state index in [-0.39, 0.29) is 11.9 Å². The topological polar surface area (TPSA) is 63.5 Å². The first-order valence-corrected chi connectivity index (χ1v) is 11.2. The Kier molecular flexibility index (Phi) is 4.53. The number of ether oxygens (including phenoxy) is 1. The van der Waals surface area contributed by atoms with Gasteiger partial charge in [-0.15, -0.1) is 0 Å². The highest BCUT2D eigenvalue weighted by atomic mass is 16.5. The van der Waals surface area contributed by atoms with Crippen LogP contribution in [0.4, 0.5) is 0 Å². The minimum atomic E-state index is -0.677. The Morgan fingerprint density at radius 1 is 1.32 bits per heavy atom. The minimum absolute atomic E-state index is 0.149. The zero-order valence-corrected chi connectivity index (χ0v) is 16.9. The zero-order valence-electron chi connectivity index (χ0n) is 16.9. The van der Waals surface area contributed by atoms with Gasteiger partial charge in [0.2, 0.25) is 0 Å². The summed E-state index contributed by atoms with van der Waals surface area (Å²) in [7, 11) is 0. The lowest BCUT2D eigenvalue weighted by Crippen LogP contribution is -2.27. The van der Waals surface area contributed by atoms with Crippen LogP contribution in [0.1, 0.15) is 68.3 Å². The van der Waals surface area contributed by atoms with E-state index < -0.39 is 5.41 Å². The number of nitrogens with one attached hydrogen (secondary N) is 1. The van der Waals surface area contributed by atoms with E-state index in [1.807, 2.05) is 6.92 Å². The predicted octanol–water partition coefficient (Wildman–Crippen LogP) is 3.39. The smallest absolute Gasteiger partial charge is 0.317 e. The van der Waals surface area contributed by atoms with Crippen molar-refractivity contribution in [2.75, 3.05) is 19.7 Å². The molecular weight excluding hydrogens is 352 g/mol. The van der Waals surface area contributed by atoms with Crippen LogP contribution in [-0.4, -0.2) is 35.3 Å². The Morgan fingerprint density at radius 3 is 3.04 bits per heavy atom. The molecule has 5 nitrogen and oxygen atoms in total. The molecule has 2 N–H and O–H groups in total. The van der Waals surface area contributed by atoms with E-state index >= 15 is 0 Å². The molecule has 2 fully saturated rings. The third kappa shape index (κ3) is 2.58. The van der Waals surface area contributed by atoms with E-state index in [9.17, 15) is 9.90 Å². The van der Waals surface area contributed by atoms with Gasteiger partial charge < -0.3 is 19.7 Å². The van der Waals surface area contributed by atoms with Gasteiger partial charge in [-0.1, -0.05) is 25.0 Å². The highest BCUT2D eigenvalue weighted by molar-refractivity contribution is 5.90. The molecule has 1 aromatic rings. The molecule has 4 unspecified atom stereocenters. The molecule has 28 heavy (non-hydrogen) atoms. The number of rotatable bonds is 2. The summed E-state index contributed by atoms with van der Waals surface area (Å²) >= 11 is 0. The summed E-state index contributed by atoms with van der Waals surface area (Å²) < 4.78 is 7.93. The van der Waals surface area contributed by atoms with Gasteiger partial charge in [-0.3, -0.25) is 4.79 Å². The standard InChI is InChI=1S/C23H32N2O3/c1-2-28-22(27)23-11-16(23)9-7-5-3-4-6-8-10-18-19(23)21(26)20-17-13-24-12-15(17)14-25(18)20/h7,9,15-17,24,26H,2-6,8,10-14H2,1H3. The van der Waals surface area contributed by atoms with Crippen molar-refractivity contribution in [1.82, 2.24) is 9.88 Å². The van der Waals surface area contributed by atoms with Gasteiger partial charge in [0.15, 0.2) is 0 Å². The monoisotopic (exact) mass is 384 g/mol. The molecule has 152 valence electrons. The van der Waals surface area contributed by atoms with E-state index in [1.54, 1.807) is 0 Å². The van der Waals surface area contributed by atoms with Crippen molar-refractivity contribution in [1.29, 1.82) is 0 Å². The quantitative estimate of drug-likeness (QED) is 0.606. The Bertz CT molecular complexity index is 811. The molecule has 4 atom stereocenters. The zero-order chi connectivity index (χ0) is 19.3. The fourth-order valence-electron chi connectivity index (χ4n) is 6.04.